The number of benzene rings is 3. The maximum atomic E-state index is 12.8. The maximum Gasteiger partial charge on any atom is 0.328 e. The van der Waals surface area contributed by atoms with Crippen LogP contribution >= 0.6 is 0 Å². The third-order valence-corrected chi connectivity index (χ3v) is 7.71. The van der Waals surface area contributed by atoms with Gasteiger partial charge in [-0.1, -0.05) is 84.4 Å². The highest BCUT2D eigenvalue weighted by molar-refractivity contribution is 5.96. The number of carbonyl (C=O) groups is 5. The van der Waals surface area contributed by atoms with E-state index in [0.29, 0.717) is 37.3 Å². The third-order valence-electron chi connectivity index (χ3n) is 7.71. The smallest absolute Gasteiger partial charge is 0.328 e. The number of ketones is 1. The molecule has 1 aromatic heterocycles. The SMILES string of the molecule is Cc1ccc(C(=O)CCn2c(CN3CCN(C/C=C/c4ccccc4)CC3)nc3ccccc32)cc1.O=C(O)/C=C/C(=O)O.O=C(O)/C=C/C(=O)O. The van der Waals surface area contributed by atoms with E-state index in [9.17, 15) is 24.0 Å². The number of aromatic nitrogens is 2. The first-order chi connectivity index (χ1) is 24.9. The molecule has 0 spiro atoms. The number of hydrogen-bond donors (Lipinski definition) is 4. The Labute approximate surface area is 301 Å². The van der Waals surface area contributed by atoms with E-state index in [4.69, 9.17) is 25.4 Å². The summed E-state index contributed by atoms with van der Waals surface area (Å²) in [6.07, 6.45) is 7.16. The zero-order chi connectivity index (χ0) is 37.9. The van der Waals surface area contributed by atoms with E-state index >= 15 is 0 Å². The largest absolute Gasteiger partial charge is 0.478 e. The number of carboxylic acids is 4. The van der Waals surface area contributed by atoms with Gasteiger partial charge < -0.3 is 25.0 Å². The summed E-state index contributed by atoms with van der Waals surface area (Å²) in [5.41, 5.74) is 5.30. The van der Waals surface area contributed by atoms with Crippen LogP contribution in [0, 0.1) is 6.92 Å². The highest BCUT2D eigenvalue weighted by Gasteiger charge is 2.20. The number of piperazine rings is 1. The van der Waals surface area contributed by atoms with Crippen molar-refractivity contribution in [2.75, 3.05) is 32.7 Å². The molecule has 272 valence electrons. The van der Waals surface area contributed by atoms with Crippen LogP contribution in [0.5, 0.6) is 0 Å². The average molecular weight is 711 g/mol. The molecule has 0 saturated carbocycles. The summed E-state index contributed by atoms with van der Waals surface area (Å²) in [5, 5.41) is 31.2. The summed E-state index contributed by atoms with van der Waals surface area (Å²) >= 11 is 0. The molecule has 13 nitrogen and oxygen atoms in total. The summed E-state index contributed by atoms with van der Waals surface area (Å²) in [6.45, 7) is 8.60. The second-order valence-electron chi connectivity index (χ2n) is 11.6. The van der Waals surface area contributed by atoms with Gasteiger partial charge in [0.25, 0.3) is 0 Å². The van der Waals surface area contributed by atoms with Gasteiger partial charge in [-0.3, -0.25) is 14.6 Å². The van der Waals surface area contributed by atoms with Crippen LogP contribution in [0.15, 0.2) is 109 Å². The number of carboxylic acid groups (broad SMARTS) is 4. The highest BCUT2D eigenvalue weighted by Crippen LogP contribution is 2.19. The molecule has 5 rings (SSSR count). The van der Waals surface area contributed by atoms with Gasteiger partial charge in [0.1, 0.15) is 5.82 Å². The van der Waals surface area contributed by atoms with Crippen LogP contribution < -0.4 is 0 Å². The Kier molecular flexibility index (Phi) is 16.4. The molecule has 13 heteroatoms. The van der Waals surface area contributed by atoms with Gasteiger partial charge in [-0.2, -0.15) is 0 Å². The molecule has 4 aromatic rings. The molecular weight excluding hydrogens is 668 g/mol. The Morgan fingerprint density at radius 3 is 1.75 bits per heavy atom. The fourth-order valence-electron chi connectivity index (χ4n) is 5.11. The van der Waals surface area contributed by atoms with E-state index in [-0.39, 0.29) is 5.78 Å². The predicted octanol–water partition coefficient (Wildman–Crippen LogP) is 4.87. The fraction of sp³-hybridized carbons (Fsp3) is 0.231. The average Bonchev–Trinajstić information content (AvgIpc) is 3.47. The van der Waals surface area contributed by atoms with Crippen LogP contribution in [-0.4, -0.2) is 102 Å². The van der Waals surface area contributed by atoms with E-state index in [0.717, 1.165) is 61.7 Å². The summed E-state index contributed by atoms with van der Waals surface area (Å²) in [6, 6.07) is 26.6. The minimum Gasteiger partial charge on any atom is -0.478 e. The summed E-state index contributed by atoms with van der Waals surface area (Å²) in [4.78, 5) is 61.0. The number of imidazole rings is 1. The molecule has 0 unspecified atom stereocenters. The number of carbonyl (C=O) groups excluding carboxylic acids is 1. The first-order valence-electron chi connectivity index (χ1n) is 16.4. The van der Waals surface area contributed by atoms with Crippen molar-refractivity contribution in [2.45, 2.75) is 26.4 Å². The highest BCUT2D eigenvalue weighted by atomic mass is 16.4. The van der Waals surface area contributed by atoms with Gasteiger partial charge in [-0.15, -0.1) is 0 Å². The number of aliphatic carboxylic acids is 4. The molecule has 0 radical (unpaired) electrons. The maximum absolute atomic E-state index is 12.8. The van der Waals surface area contributed by atoms with Gasteiger partial charge >= 0.3 is 23.9 Å². The van der Waals surface area contributed by atoms with Crippen LogP contribution in [0.2, 0.25) is 0 Å². The summed E-state index contributed by atoms with van der Waals surface area (Å²) in [5.74, 6) is -3.80. The Hall–Kier alpha value is -6.18. The molecule has 4 N–H and O–H groups in total. The Balaban J connectivity index is 0.000000380. The quantitative estimate of drug-likeness (QED) is 0.109. The van der Waals surface area contributed by atoms with E-state index in [2.05, 4.69) is 62.9 Å². The lowest BCUT2D eigenvalue weighted by molar-refractivity contribution is -0.134. The number of rotatable bonds is 13. The number of hydrogen-bond acceptors (Lipinski definition) is 8. The van der Waals surface area contributed by atoms with E-state index < -0.39 is 23.9 Å². The van der Waals surface area contributed by atoms with Crippen LogP contribution in [-0.2, 0) is 32.3 Å². The molecule has 1 saturated heterocycles. The lowest BCUT2D eigenvalue weighted by atomic mass is 10.1. The van der Waals surface area contributed by atoms with Crippen molar-refractivity contribution in [2.24, 2.45) is 0 Å². The lowest BCUT2D eigenvalue weighted by Crippen LogP contribution is -2.46. The zero-order valence-electron chi connectivity index (χ0n) is 28.7. The number of para-hydroxylation sites is 2. The first-order valence-corrected chi connectivity index (χ1v) is 16.4. The van der Waals surface area contributed by atoms with Crippen molar-refractivity contribution in [3.8, 4) is 0 Å². The second-order valence-corrected chi connectivity index (χ2v) is 11.6. The Morgan fingerprint density at radius 2 is 1.19 bits per heavy atom. The normalized spacial score (nSPS) is 13.4. The van der Waals surface area contributed by atoms with Crippen molar-refractivity contribution >= 4 is 46.8 Å². The molecule has 1 aliphatic heterocycles. The van der Waals surface area contributed by atoms with Gasteiger partial charge in [0, 0.05) is 75.6 Å². The van der Waals surface area contributed by atoms with Gasteiger partial charge in [-0.05, 0) is 24.6 Å². The van der Waals surface area contributed by atoms with Crippen LogP contribution in [0.25, 0.3) is 17.1 Å². The van der Waals surface area contributed by atoms with Crippen LogP contribution in [0.1, 0.15) is 33.7 Å². The molecule has 0 aliphatic carbocycles. The first kappa shape index (κ1) is 40.3. The second kappa shape index (κ2) is 21.1. The molecule has 3 aromatic carbocycles. The van der Waals surface area contributed by atoms with Crippen LogP contribution in [0.4, 0.5) is 0 Å². The lowest BCUT2D eigenvalue weighted by Gasteiger charge is -2.34. The summed E-state index contributed by atoms with van der Waals surface area (Å²) < 4.78 is 2.25. The van der Waals surface area contributed by atoms with Gasteiger partial charge in [0.05, 0.1) is 17.6 Å². The standard InChI is InChI=1S/C31H34N4O.2C4H4O4/c1-25-13-15-27(16-14-25)30(36)17-19-35-29-12-6-5-11-28(29)32-31(35)24-34-22-20-33(21-23-34)18-7-10-26-8-3-2-4-9-26;2*5-3(6)1-2-4(7)8/h2-16H,17-24H2,1H3;2*1-2H,(H,5,6)(H,7,8)/b10-7+;2*2-1+. The number of aryl methyl sites for hydroxylation is 2. The minimum absolute atomic E-state index is 0.177. The summed E-state index contributed by atoms with van der Waals surface area (Å²) in [7, 11) is 0. The third kappa shape index (κ3) is 14.7. The molecular formula is C39H42N4O9. The van der Waals surface area contributed by atoms with Crippen molar-refractivity contribution in [3.05, 3.63) is 132 Å². The Bertz CT molecular complexity index is 1820. The molecule has 2 heterocycles. The monoisotopic (exact) mass is 710 g/mol. The molecule has 0 amide bonds. The molecule has 1 aliphatic rings. The van der Waals surface area contributed by atoms with Crippen molar-refractivity contribution in [3.63, 3.8) is 0 Å². The molecule has 0 bridgehead atoms. The van der Waals surface area contributed by atoms with Crippen molar-refractivity contribution in [1.82, 2.24) is 19.4 Å². The van der Waals surface area contributed by atoms with Gasteiger partial charge in [0.15, 0.2) is 5.78 Å². The number of Topliss-reactive ketones (excluding diaryl/α,β-unsaturated/α-hetero) is 1. The van der Waals surface area contributed by atoms with E-state index in [1.165, 1.54) is 11.1 Å². The van der Waals surface area contributed by atoms with Gasteiger partial charge in [-0.25, -0.2) is 24.2 Å². The topological polar surface area (TPSA) is 191 Å². The predicted molar refractivity (Wildman–Crippen MR) is 196 cm³/mol. The molecule has 52 heavy (non-hydrogen) atoms. The number of nitrogens with zero attached hydrogens (tertiary/aromatic N) is 4. The number of fused-ring (bicyclic) bond motifs is 1. The van der Waals surface area contributed by atoms with E-state index in [1.54, 1.807) is 0 Å². The Morgan fingerprint density at radius 1 is 0.673 bits per heavy atom. The van der Waals surface area contributed by atoms with Crippen molar-refractivity contribution in [1.29, 1.82) is 0 Å². The molecule has 0 atom stereocenters. The van der Waals surface area contributed by atoms with Crippen molar-refractivity contribution < 1.29 is 44.4 Å². The minimum atomic E-state index is -1.26. The molecule has 1 fully saturated rings. The zero-order valence-corrected chi connectivity index (χ0v) is 28.7. The van der Waals surface area contributed by atoms with E-state index in [1.807, 2.05) is 49.4 Å². The fourth-order valence-corrected chi connectivity index (χ4v) is 5.11. The van der Waals surface area contributed by atoms with Gasteiger partial charge in [0.2, 0.25) is 0 Å². The van der Waals surface area contributed by atoms with Crippen LogP contribution in [0.3, 0.4) is 0 Å².